The maximum atomic E-state index is 13.4. The van der Waals surface area contributed by atoms with Crippen molar-refractivity contribution in [3.05, 3.63) is 65.4 Å². The van der Waals surface area contributed by atoms with Crippen LogP contribution in [0.2, 0.25) is 0 Å². The molecule has 3 aromatic rings. The number of aromatic amines is 1. The topological polar surface area (TPSA) is 87.3 Å². The molecule has 0 spiro atoms. The third-order valence-electron chi connectivity index (χ3n) is 5.85. The molecule has 2 aromatic carbocycles. The quantitative estimate of drug-likeness (QED) is 0.631. The van der Waals surface area contributed by atoms with Crippen LogP contribution < -0.4 is 5.32 Å². The number of benzene rings is 2. The summed E-state index contributed by atoms with van der Waals surface area (Å²) in [6, 6.07) is 12.8. The summed E-state index contributed by atoms with van der Waals surface area (Å²) in [5.41, 5.74) is 4.06. The van der Waals surface area contributed by atoms with Crippen LogP contribution >= 0.6 is 0 Å². The van der Waals surface area contributed by atoms with E-state index in [4.69, 9.17) is 4.74 Å². The lowest BCUT2D eigenvalue weighted by molar-refractivity contribution is -0.133. The van der Waals surface area contributed by atoms with Crippen LogP contribution in [-0.2, 0) is 29.1 Å². The van der Waals surface area contributed by atoms with Crippen molar-refractivity contribution in [1.82, 2.24) is 20.4 Å². The molecule has 0 bridgehead atoms. The summed E-state index contributed by atoms with van der Waals surface area (Å²) in [6.07, 6.45) is 2.50. The molecule has 4 rings (SSSR count). The highest BCUT2D eigenvalue weighted by Gasteiger charge is 2.32. The van der Waals surface area contributed by atoms with Gasteiger partial charge in [0.15, 0.2) is 0 Å². The van der Waals surface area contributed by atoms with Gasteiger partial charge in [-0.25, -0.2) is 4.79 Å². The summed E-state index contributed by atoms with van der Waals surface area (Å²) in [5.74, 6) is -0.0845. The summed E-state index contributed by atoms with van der Waals surface area (Å²) in [4.78, 5) is 27.8. The third kappa shape index (κ3) is 5.10. The number of amides is 2. The summed E-state index contributed by atoms with van der Waals surface area (Å²) in [6.45, 7) is 7.76. The molecule has 1 aliphatic rings. The first-order chi connectivity index (χ1) is 15.3. The first-order valence-corrected chi connectivity index (χ1v) is 11.0. The van der Waals surface area contributed by atoms with Crippen molar-refractivity contribution in [3.63, 3.8) is 0 Å². The standard InChI is InChI=1S/C25H30N4O3/c1-25(2,3)11-12-29-15-20-18(9-10-21-19(20)14-26-28-21)13-22(23(29)30)27-24(31)32-16-17-7-5-4-6-8-17/h4-10,14,22H,11-13,15-16H2,1-3H3,(H,26,28)(H,27,31)/t22-/m1/s1. The smallest absolute Gasteiger partial charge is 0.408 e. The fraction of sp³-hybridized carbons (Fsp3) is 0.400. The van der Waals surface area contributed by atoms with Crippen molar-refractivity contribution < 1.29 is 14.3 Å². The van der Waals surface area contributed by atoms with Crippen LogP contribution in [-0.4, -0.2) is 39.7 Å². The second-order valence-corrected chi connectivity index (χ2v) is 9.57. The molecule has 32 heavy (non-hydrogen) atoms. The number of carbonyl (C=O) groups is 2. The highest BCUT2D eigenvalue weighted by atomic mass is 16.5. The van der Waals surface area contributed by atoms with Crippen LogP contribution in [0.25, 0.3) is 10.9 Å². The molecule has 168 valence electrons. The summed E-state index contributed by atoms with van der Waals surface area (Å²) in [5, 5.41) is 11.0. The van der Waals surface area contributed by atoms with E-state index in [2.05, 4.69) is 36.3 Å². The zero-order valence-electron chi connectivity index (χ0n) is 18.9. The molecule has 1 aliphatic heterocycles. The van der Waals surface area contributed by atoms with Crippen LogP contribution in [0.4, 0.5) is 4.79 Å². The Morgan fingerprint density at radius 1 is 1.22 bits per heavy atom. The second kappa shape index (κ2) is 9.02. The normalized spacial score (nSPS) is 16.5. The Hall–Kier alpha value is -3.35. The van der Waals surface area contributed by atoms with Gasteiger partial charge in [0.1, 0.15) is 12.6 Å². The number of carbonyl (C=O) groups excluding carboxylic acids is 2. The lowest BCUT2D eigenvalue weighted by Gasteiger charge is -2.28. The van der Waals surface area contributed by atoms with Gasteiger partial charge in [0.2, 0.25) is 5.91 Å². The van der Waals surface area contributed by atoms with Gasteiger partial charge in [0.05, 0.1) is 11.7 Å². The minimum Gasteiger partial charge on any atom is -0.445 e. The molecule has 2 heterocycles. The number of fused-ring (bicyclic) bond motifs is 3. The molecule has 0 fully saturated rings. The van der Waals surface area contributed by atoms with Crippen LogP contribution in [0.5, 0.6) is 0 Å². The van der Waals surface area contributed by atoms with Crippen molar-refractivity contribution in [3.8, 4) is 0 Å². The molecule has 0 aliphatic carbocycles. The third-order valence-corrected chi connectivity index (χ3v) is 5.85. The number of rotatable bonds is 5. The lowest BCUT2D eigenvalue weighted by atomic mass is 9.92. The number of nitrogens with one attached hydrogen (secondary N) is 2. The van der Waals surface area contributed by atoms with Gasteiger partial charge in [-0.3, -0.25) is 9.89 Å². The molecule has 1 atom stereocenters. The Bertz CT molecular complexity index is 1100. The maximum absolute atomic E-state index is 13.4. The average molecular weight is 435 g/mol. The van der Waals surface area contributed by atoms with E-state index in [0.717, 1.165) is 34.0 Å². The van der Waals surface area contributed by atoms with Gasteiger partial charge in [0, 0.05) is 24.9 Å². The van der Waals surface area contributed by atoms with Gasteiger partial charge in [-0.05, 0) is 34.6 Å². The summed E-state index contributed by atoms with van der Waals surface area (Å²) < 4.78 is 5.38. The first kappa shape index (κ1) is 21.9. The average Bonchev–Trinajstić information content (AvgIpc) is 3.19. The molecule has 0 radical (unpaired) electrons. The van der Waals surface area contributed by atoms with E-state index in [0.29, 0.717) is 19.5 Å². The highest BCUT2D eigenvalue weighted by molar-refractivity contribution is 5.89. The molecule has 0 saturated carbocycles. The monoisotopic (exact) mass is 434 g/mol. The lowest BCUT2D eigenvalue weighted by Crippen LogP contribution is -2.48. The number of H-pyrrole nitrogens is 1. The van der Waals surface area contributed by atoms with Gasteiger partial charge >= 0.3 is 6.09 Å². The van der Waals surface area contributed by atoms with Crippen molar-refractivity contribution in [2.75, 3.05) is 6.54 Å². The van der Waals surface area contributed by atoms with E-state index in [9.17, 15) is 9.59 Å². The number of hydrogen-bond donors (Lipinski definition) is 2. The van der Waals surface area contributed by atoms with Gasteiger partial charge in [-0.2, -0.15) is 5.10 Å². The zero-order valence-corrected chi connectivity index (χ0v) is 18.9. The Labute approximate surface area is 188 Å². The van der Waals surface area contributed by atoms with Crippen LogP contribution in [0.1, 0.15) is 43.9 Å². The number of ether oxygens (including phenoxy) is 1. The second-order valence-electron chi connectivity index (χ2n) is 9.57. The predicted octanol–water partition coefficient (Wildman–Crippen LogP) is 4.18. The maximum Gasteiger partial charge on any atom is 0.408 e. The van der Waals surface area contributed by atoms with E-state index in [-0.39, 0.29) is 17.9 Å². The van der Waals surface area contributed by atoms with Crippen molar-refractivity contribution in [1.29, 1.82) is 0 Å². The van der Waals surface area contributed by atoms with Crippen LogP contribution in [0.15, 0.2) is 48.7 Å². The number of alkyl carbamates (subject to hydrolysis) is 1. The SMILES string of the molecule is CC(C)(C)CCN1Cc2c(ccc3[nH]ncc23)C[C@@H](NC(=O)OCc2ccccc2)C1=O. The molecule has 7 heteroatoms. The van der Waals surface area contributed by atoms with E-state index in [1.54, 1.807) is 0 Å². The molecule has 1 aromatic heterocycles. The highest BCUT2D eigenvalue weighted by Crippen LogP contribution is 2.28. The van der Waals surface area contributed by atoms with E-state index < -0.39 is 12.1 Å². The molecule has 7 nitrogen and oxygen atoms in total. The zero-order chi connectivity index (χ0) is 22.7. The largest absolute Gasteiger partial charge is 0.445 e. The molecule has 0 unspecified atom stereocenters. The van der Waals surface area contributed by atoms with E-state index >= 15 is 0 Å². The minimum absolute atomic E-state index is 0.0845. The Morgan fingerprint density at radius 3 is 2.75 bits per heavy atom. The van der Waals surface area contributed by atoms with Crippen molar-refractivity contribution >= 4 is 22.9 Å². The van der Waals surface area contributed by atoms with E-state index in [1.807, 2.05) is 53.6 Å². The van der Waals surface area contributed by atoms with Gasteiger partial charge in [-0.1, -0.05) is 57.2 Å². The number of hydrogen-bond acceptors (Lipinski definition) is 4. The van der Waals surface area contributed by atoms with Crippen molar-refractivity contribution in [2.45, 2.75) is 52.8 Å². The fourth-order valence-corrected chi connectivity index (χ4v) is 3.97. The Morgan fingerprint density at radius 2 is 2.00 bits per heavy atom. The summed E-state index contributed by atoms with van der Waals surface area (Å²) in [7, 11) is 0. The molecule has 0 saturated heterocycles. The molecular formula is C25H30N4O3. The van der Waals surface area contributed by atoms with Gasteiger partial charge in [-0.15, -0.1) is 0 Å². The van der Waals surface area contributed by atoms with Crippen LogP contribution in [0.3, 0.4) is 0 Å². The number of aromatic nitrogens is 2. The van der Waals surface area contributed by atoms with Gasteiger partial charge in [0.25, 0.3) is 0 Å². The number of nitrogens with zero attached hydrogens (tertiary/aromatic N) is 2. The molecular weight excluding hydrogens is 404 g/mol. The fourth-order valence-electron chi connectivity index (χ4n) is 3.97. The predicted molar refractivity (Wildman–Crippen MR) is 123 cm³/mol. The molecule has 2 N–H and O–H groups in total. The van der Waals surface area contributed by atoms with Gasteiger partial charge < -0.3 is 15.0 Å². The first-order valence-electron chi connectivity index (χ1n) is 11.0. The Balaban J connectivity index is 1.55. The van der Waals surface area contributed by atoms with Crippen molar-refractivity contribution in [2.24, 2.45) is 5.41 Å². The summed E-state index contributed by atoms with van der Waals surface area (Å²) >= 11 is 0. The van der Waals surface area contributed by atoms with Crippen LogP contribution in [0, 0.1) is 5.41 Å². The molecule has 2 amide bonds. The Kier molecular flexibility index (Phi) is 6.17. The van der Waals surface area contributed by atoms with E-state index in [1.165, 1.54) is 0 Å². The minimum atomic E-state index is -0.677.